The van der Waals surface area contributed by atoms with Crippen LogP contribution in [0.15, 0.2) is 48.5 Å². The van der Waals surface area contributed by atoms with Gasteiger partial charge in [-0.2, -0.15) is 13.2 Å². The summed E-state index contributed by atoms with van der Waals surface area (Å²) in [4.78, 5) is 11.1. The van der Waals surface area contributed by atoms with Crippen LogP contribution in [0, 0.1) is 0 Å². The molecule has 2 aromatic rings. The van der Waals surface area contributed by atoms with E-state index in [1.54, 1.807) is 42.5 Å². The third-order valence-corrected chi connectivity index (χ3v) is 2.99. The zero-order valence-electron chi connectivity index (χ0n) is 12.1. The van der Waals surface area contributed by atoms with E-state index in [-0.39, 0.29) is 12.3 Å². The second-order valence-electron chi connectivity index (χ2n) is 4.81. The maximum Gasteiger partial charge on any atom is 0.422 e. The van der Waals surface area contributed by atoms with Crippen molar-refractivity contribution in [2.75, 3.05) is 11.9 Å². The number of carbonyl (C=O) groups excluding carboxylic acids is 1. The van der Waals surface area contributed by atoms with Crippen LogP contribution in [0.5, 0.6) is 5.75 Å². The molecule has 0 spiro atoms. The highest BCUT2D eigenvalue weighted by Gasteiger charge is 2.28. The first kappa shape index (κ1) is 16.7. The number of rotatable bonds is 6. The topological polar surface area (TPSA) is 64.4 Å². The summed E-state index contributed by atoms with van der Waals surface area (Å²) in [5.74, 6) is -0.397. The molecule has 2 aromatic carbocycles. The highest BCUT2D eigenvalue weighted by molar-refractivity contribution is 5.93. The van der Waals surface area contributed by atoms with E-state index in [4.69, 9.17) is 10.5 Å². The quantitative estimate of drug-likeness (QED) is 0.856. The van der Waals surface area contributed by atoms with Gasteiger partial charge in [0.05, 0.1) is 0 Å². The van der Waals surface area contributed by atoms with Gasteiger partial charge in [-0.3, -0.25) is 4.79 Å². The molecule has 1 amide bonds. The van der Waals surface area contributed by atoms with Crippen LogP contribution < -0.4 is 15.8 Å². The fourth-order valence-corrected chi connectivity index (χ4v) is 1.93. The molecule has 0 saturated carbocycles. The molecule has 0 aliphatic carbocycles. The number of amides is 1. The Morgan fingerprint density at radius 1 is 1.13 bits per heavy atom. The van der Waals surface area contributed by atoms with E-state index in [1.165, 1.54) is 6.07 Å². The van der Waals surface area contributed by atoms with Crippen LogP contribution in [-0.2, 0) is 6.54 Å². The average molecular weight is 324 g/mol. The largest absolute Gasteiger partial charge is 0.484 e. The number of para-hydroxylation sites is 1. The van der Waals surface area contributed by atoms with Crippen LogP contribution >= 0.6 is 0 Å². The molecule has 4 nitrogen and oxygen atoms in total. The van der Waals surface area contributed by atoms with Gasteiger partial charge in [-0.05, 0) is 24.3 Å². The maximum absolute atomic E-state index is 12.3. The van der Waals surface area contributed by atoms with Gasteiger partial charge in [-0.15, -0.1) is 0 Å². The van der Waals surface area contributed by atoms with Gasteiger partial charge in [0, 0.05) is 23.4 Å². The van der Waals surface area contributed by atoms with E-state index in [9.17, 15) is 18.0 Å². The van der Waals surface area contributed by atoms with Gasteiger partial charge in [-0.25, -0.2) is 0 Å². The van der Waals surface area contributed by atoms with Crippen molar-refractivity contribution in [3.05, 3.63) is 59.7 Å². The lowest BCUT2D eigenvalue weighted by atomic mass is 10.1. The first-order valence-electron chi connectivity index (χ1n) is 6.76. The Bertz CT molecular complexity index is 687. The highest BCUT2D eigenvalue weighted by atomic mass is 19.4. The molecule has 0 aromatic heterocycles. The minimum atomic E-state index is -4.39. The molecule has 122 valence electrons. The Kier molecular flexibility index (Phi) is 5.10. The van der Waals surface area contributed by atoms with Gasteiger partial charge < -0.3 is 15.8 Å². The molecule has 23 heavy (non-hydrogen) atoms. The fourth-order valence-electron chi connectivity index (χ4n) is 1.93. The summed E-state index contributed by atoms with van der Waals surface area (Å²) in [5.41, 5.74) is 6.75. The maximum atomic E-state index is 12.3. The number of anilines is 1. The van der Waals surface area contributed by atoms with Crippen LogP contribution in [0.3, 0.4) is 0 Å². The molecular weight excluding hydrogens is 309 g/mol. The lowest BCUT2D eigenvalue weighted by Gasteiger charge is -2.14. The number of alkyl halides is 3. The van der Waals surface area contributed by atoms with Crippen molar-refractivity contribution in [3.8, 4) is 5.75 Å². The van der Waals surface area contributed by atoms with E-state index < -0.39 is 18.7 Å². The van der Waals surface area contributed by atoms with Crippen molar-refractivity contribution >= 4 is 11.6 Å². The Balaban J connectivity index is 2.06. The number of carbonyl (C=O) groups is 1. The predicted octanol–water partition coefficient (Wildman–Crippen LogP) is 3.34. The molecule has 7 heteroatoms. The molecule has 2 rings (SSSR count). The molecule has 0 aliphatic rings. The minimum absolute atomic E-state index is 0.156. The van der Waals surface area contributed by atoms with E-state index in [2.05, 4.69) is 5.32 Å². The second-order valence-corrected chi connectivity index (χ2v) is 4.81. The van der Waals surface area contributed by atoms with Gasteiger partial charge >= 0.3 is 6.18 Å². The van der Waals surface area contributed by atoms with Crippen molar-refractivity contribution in [1.82, 2.24) is 0 Å². The Hall–Kier alpha value is -2.70. The lowest BCUT2D eigenvalue weighted by molar-refractivity contribution is -0.153. The number of nitrogens with one attached hydrogen (secondary N) is 1. The zero-order valence-corrected chi connectivity index (χ0v) is 12.1. The predicted molar refractivity (Wildman–Crippen MR) is 80.3 cm³/mol. The minimum Gasteiger partial charge on any atom is -0.484 e. The number of ether oxygens (including phenoxy) is 1. The molecule has 0 fully saturated rings. The number of nitrogens with two attached hydrogens (primary N) is 1. The highest BCUT2D eigenvalue weighted by Crippen LogP contribution is 2.23. The zero-order chi connectivity index (χ0) is 16.9. The van der Waals surface area contributed by atoms with Crippen molar-refractivity contribution in [2.24, 2.45) is 5.73 Å². The van der Waals surface area contributed by atoms with Crippen molar-refractivity contribution in [1.29, 1.82) is 0 Å². The molecule has 0 atom stereocenters. The Morgan fingerprint density at radius 3 is 2.57 bits per heavy atom. The van der Waals surface area contributed by atoms with Crippen LogP contribution in [0.4, 0.5) is 18.9 Å². The summed E-state index contributed by atoms with van der Waals surface area (Å²) in [5, 5.41) is 3.02. The van der Waals surface area contributed by atoms with E-state index >= 15 is 0 Å². The first-order valence-corrected chi connectivity index (χ1v) is 6.76. The molecule has 0 heterocycles. The van der Waals surface area contributed by atoms with Crippen LogP contribution in [-0.4, -0.2) is 18.7 Å². The SMILES string of the molecule is NC(=O)c1cccc(NCc2ccccc2OCC(F)(F)F)c1. The molecular formula is C16H15F3N2O2. The summed E-state index contributed by atoms with van der Waals surface area (Å²) in [6, 6.07) is 13.0. The van der Waals surface area contributed by atoms with Crippen molar-refractivity contribution in [2.45, 2.75) is 12.7 Å². The number of primary amides is 1. The van der Waals surface area contributed by atoms with Crippen molar-refractivity contribution in [3.63, 3.8) is 0 Å². The second kappa shape index (κ2) is 7.04. The summed E-state index contributed by atoms with van der Waals surface area (Å²) < 4.78 is 41.6. The Labute approximate surface area is 131 Å². The Morgan fingerprint density at radius 2 is 1.87 bits per heavy atom. The third kappa shape index (κ3) is 5.21. The van der Waals surface area contributed by atoms with Gasteiger partial charge in [0.2, 0.25) is 5.91 Å². The normalized spacial score (nSPS) is 11.1. The van der Waals surface area contributed by atoms with Gasteiger partial charge in [0.25, 0.3) is 0 Å². The van der Waals surface area contributed by atoms with Gasteiger partial charge in [0.1, 0.15) is 5.75 Å². The molecule has 0 radical (unpaired) electrons. The summed E-state index contributed by atoms with van der Waals surface area (Å²) in [7, 11) is 0. The van der Waals surface area contributed by atoms with Crippen LogP contribution in [0.25, 0.3) is 0 Å². The monoisotopic (exact) mass is 324 g/mol. The average Bonchev–Trinajstić information content (AvgIpc) is 2.51. The summed E-state index contributed by atoms with van der Waals surface area (Å²) in [6.45, 7) is -1.10. The number of benzene rings is 2. The standard InChI is InChI=1S/C16H15F3N2O2/c17-16(18,19)10-23-14-7-2-1-4-12(14)9-21-13-6-3-5-11(8-13)15(20)22/h1-8,21H,9-10H2,(H2,20,22). The number of halogens is 3. The first-order chi connectivity index (χ1) is 10.8. The van der Waals surface area contributed by atoms with E-state index in [0.29, 0.717) is 16.8 Å². The molecule has 3 N–H and O–H groups in total. The third-order valence-electron chi connectivity index (χ3n) is 2.99. The van der Waals surface area contributed by atoms with Crippen molar-refractivity contribution < 1.29 is 22.7 Å². The molecule has 0 saturated heterocycles. The number of hydrogen-bond acceptors (Lipinski definition) is 3. The summed E-state index contributed by atoms with van der Waals surface area (Å²) in [6.07, 6.45) is -4.39. The van der Waals surface area contributed by atoms with Gasteiger partial charge in [-0.1, -0.05) is 24.3 Å². The van der Waals surface area contributed by atoms with E-state index in [0.717, 1.165) is 0 Å². The van der Waals surface area contributed by atoms with E-state index in [1.807, 2.05) is 0 Å². The molecule has 0 unspecified atom stereocenters. The smallest absolute Gasteiger partial charge is 0.422 e. The summed E-state index contributed by atoms with van der Waals surface area (Å²) >= 11 is 0. The number of hydrogen-bond donors (Lipinski definition) is 2. The molecule has 0 bridgehead atoms. The van der Waals surface area contributed by atoms with Crippen LogP contribution in [0.1, 0.15) is 15.9 Å². The lowest BCUT2D eigenvalue weighted by Crippen LogP contribution is -2.20. The van der Waals surface area contributed by atoms with Gasteiger partial charge in [0.15, 0.2) is 6.61 Å². The fraction of sp³-hybridized carbons (Fsp3) is 0.188. The molecule has 0 aliphatic heterocycles. The van der Waals surface area contributed by atoms with Crippen LogP contribution in [0.2, 0.25) is 0 Å².